The highest BCUT2D eigenvalue weighted by Crippen LogP contribution is 2.25. The highest BCUT2D eigenvalue weighted by Gasteiger charge is 2.33. The number of amides is 2. The second-order valence-corrected chi connectivity index (χ2v) is 12.7. The van der Waals surface area contributed by atoms with Crippen molar-refractivity contribution in [3.05, 3.63) is 29.8 Å². The summed E-state index contributed by atoms with van der Waals surface area (Å²) in [5.41, 5.74) is 2.11. The quantitative estimate of drug-likeness (QED) is 0.394. The molecule has 246 valence electrons. The van der Waals surface area contributed by atoms with Crippen molar-refractivity contribution in [1.82, 2.24) is 24.6 Å². The molecule has 1 saturated heterocycles. The predicted octanol–water partition coefficient (Wildman–Crippen LogP) is 2.15. The number of methoxy groups -OCH3 is 2. The molecule has 13 heteroatoms. The van der Waals surface area contributed by atoms with Gasteiger partial charge in [-0.25, -0.2) is 0 Å². The van der Waals surface area contributed by atoms with Crippen LogP contribution in [-0.2, 0) is 30.8 Å². The van der Waals surface area contributed by atoms with Crippen LogP contribution in [-0.4, -0.2) is 130 Å². The number of aryl methyl sites for hydroxylation is 1. The fourth-order valence-corrected chi connectivity index (χ4v) is 6.08. The first-order chi connectivity index (χ1) is 21.0. The normalized spacial score (nSPS) is 22.7. The first-order valence-electron chi connectivity index (χ1n) is 15.2. The summed E-state index contributed by atoms with van der Waals surface area (Å²) in [5, 5.41) is 30.7. The van der Waals surface area contributed by atoms with Crippen LogP contribution < -0.4 is 0 Å². The molecule has 0 unspecified atom stereocenters. The maximum atomic E-state index is 13.9. The minimum absolute atomic E-state index is 0.0169. The molecule has 0 radical (unpaired) electrons. The van der Waals surface area contributed by atoms with Crippen LogP contribution in [0.3, 0.4) is 0 Å². The number of hydrogen-bond donors (Lipinski definition) is 2. The summed E-state index contributed by atoms with van der Waals surface area (Å²) >= 11 is 1.34. The summed E-state index contributed by atoms with van der Waals surface area (Å²) in [5.74, 6) is 0.765. The molecule has 1 aromatic carbocycles. The zero-order chi connectivity index (χ0) is 32.2. The van der Waals surface area contributed by atoms with E-state index in [1.54, 1.807) is 4.90 Å². The van der Waals surface area contributed by atoms with Gasteiger partial charge in [0.15, 0.2) is 11.0 Å². The Balaban J connectivity index is 1.86. The molecule has 1 aromatic heterocycles. The van der Waals surface area contributed by atoms with E-state index in [4.69, 9.17) is 14.2 Å². The number of hydrogen-bond acceptors (Lipinski definition) is 10. The predicted molar refractivity (Wildman–Crippen MR) is 168 cm³/mol. The molecule has 0 bridgehead atoms. The highest BCUT2D eigenvalue weighted by atomic mass is 32.2. The Morgan fingerprint density at radius 3 is 2.48 bits per heavy atom. The van der Waals surface area contributed by atoms with Crippen LogP contribution >= 0.6 is 11.8 Å². The fraction of sp³-hybridized carbons (Fsp3) is 0.677. The van der Waals surface area contributed by atoms with E-state index in [1.807, 2.05) is 47.7 Å². The summed E-state index contributed by atoms with van der Waals surface area (Å²) in [6, 6.07) is 7.77. The number of aromatic nitrogens is 3. The zero-order valence-corrected chi connectivity index (χ0v) is 27.7. The van der Waals surface area contributed by atoms with Crippen LogP contribution in [0.4, 0.5) is 0 Å². The van der Waals surface area contributed by atoms with Crippen molar-refractivity contribution in [1.29, 1.82) is 0 Å². The van der Waals surface area contributed by atoms with E-state index in [0.717, 1.165) is 17.0 Å². The Kier molecular flexibility index (Phi) is 14.5. The van der Waals surface area contributed by atoms with Crippen molar-refractivity contribution in [3.63, 3.8) is 0 Å². The number of rotatable bonds is 9. The number of carbonyl (C=O) groups is 2. The minimum atomic E-state index is -1.27. The standard InChI is InChI=1S/C31H49N5O7S/c1-21(2)15-24-16-35(27(38)19-41-5)17-26(42-6)29(40)25(37)18-43-14-8-7-13-36(24)28(39)20-44-31-33-32-30(34(31)4)23-11-9-22(3)10-12-23/h9-12,21,24-26,29,37,40H,7-8,13-20H2,1-6H3/t24-,25+,26+,29+/m0/s1. The Morgan fingerprint density at radius 1 is 1.09 bits per heavy atom. The van der Waals surface area contributed by atoms with Crippen molar-refractivity contribution < 1.29 is 34.0 Å². The van der Waals surface area contributed by atoms with E-state index in [0.29, 0.717) is 37.6 Å². The summed E-state index contributed by atoms with van der Waals surface area (Å²) in [4.78, 5) is 30.6. The molecule has 1 fully saturated rings. The summed E-state index contributed by atoms with van der Waals surface area (Å²) < 4.78 is 18.2. The molecule has 3 rings (SSSR count). The number of aliphatic hydroxyl groups excluding tert-OH is 2. The number of ether oxygens (including phenoxy) is 3. The van der Waals surface area contributed by atoms with Gasteiger partial charge >= 0.3 is 0 Å². The third-order valence-electron chi connectivity index (χ3n) is 7.73. The van der Waals surface area contributed by atoms with Gasteiger partial charge in [0.05, 0.1) is 12.4 Å². The molecule has 2 aromatic rings. The van der Waals surface area contributed by atoms with Crippen molar-refractivity contribution in [2.24, 2.45) is 13.0 Å². The van der Waals surface area contributed by atoms with Gasteiger partial charge in [0, 0.05) is 59.1 Å². The lowest BCUT2D eigenvalue weighted by atomic mass is 10.00. The van der Waals surface area contributed by atoms with Gasteiger partial charge in [-0.3, -0.25) is 9.59 Å². The van der Waals surface area contributed by atoms with Gasteiger partial charge < -0.3 is 38.8 Å². The number of benzene rings is 1. The van der Waals surface area contributed by atoms with Gasteiger partial charge in [0.2, 0.25) is 11.8 Å². The maximum Gasteiger partial charge on any atom is 0.248 e. The molecule has 0 aliphatic carbocycles. The lowest BCUT2D eigenvalue weighted by molar-refractivity contribution is -0.145. The number of nitrogens with zero attached hydrogens (tertiary/aromatic N) is 5. The van der Waals surface area contributed by atoms with Gasteiger partial charge in [-0.1, -0.05) is 55.4 Å². The lowest BCUT2D eigenvalue weighted by Crippen LogP contribution is -2.54. The van der Waals surface area contributed by atoms with Crippen molar-refractivity contribution in [3.8, 4) is 11.4 Å². The van der Waals surface area contributed by atoms with Crippen LogP contribution in [0.2, 0.25) is 0 Å². The van der Waals surface area contributed by atoms with Gasteiger partial charge in [-0.2, -0.15) is 0 Å². The Morgan fingerprint density at radius 2 is 1.82 bits per heavy atom. The molecule has 44 heavy (non-hydrogen) atoms. The molecule has 2 heterocycles. The Labute approximate surface area is 265 Å². The SMILES string of the molecule is COCC(=O)N1C[C@H](CC(C)C)N(C(=O)CSc2nnc(-c3ccc(C)cc3)n2C)CCCCOC[C@@H](O)[C@@H](O)[C@H](OC)C1. The van der Waals surface area contributed by atoms with E-state index in [1.165, 1.54) is 26.0 Å². The Hall–Kier alpha value is -2.55. The van der Waals surface area contributed by atoms with Crippen molar-refractivity contribution >= 4 is 23.6 Å². The topological polar surface area (TPSA) is 139 Å². The van der Waals surface area contributed by atoms with Gasteiger partial charge in [-0.05, 0) is 32.1 Å². The molecule has 1 aliphatic heterocycles. The average molecular weight is 636 g/mol. The van der Waals surface area contributed by atoms with E-state index in [-0.39, 0.29) is 55.8 Å². The van der Waals surface area contributed by atoms with Crippen LogP contribution in [0.25, 0.3) is 11.4 Å². The second-order valence-electron chi connectivity index (χ2n) is 11.7. The summed E-state index contributed by atoms with van der Waals surface area (Å²) in [6.45, 7) is 7.09. The molecule has 2 N–H and O–H groups in total. The van der Waals surface area contributed by atoms with E-state index < -0.39 is 18.3 Å². The van der Waals surface area contributed by atoms with E-state index >= 15 is 0 Å². The third kappa shape index (κ3) is 10.2. The molecule has 2 amide bonds. The average Bonchev–Trinajstić information content (AvgIpc) is 3.36. The first-order valence-corrected chi connectivity index (χ1v) is 16.2. The van der Waals surface area contributed by atoms with Crippen molar-refractivity contribution in [2.45, 2.75) is 69.5 Å². The largest absolute Gasteiger partial charge is 0.388 e. The van der Waals surface area contributed by atoms with Gasteiger partial charge in [0.25, 0.3) is 0 Å². The molecule has 12 nitrogen and oxygen atoms in total. The Bertz CT molecular complexity index is 1180. The number of carbonyl (C=O) groups excluding carboxylic acids is 2. The molecular weight excluding hydrogens is 586 g/mol. The smallest absolute Gasteiger partial charge is 0.248 e. The third-order valence-corrected chi connectivity index (χ3v) is 8.74. The molecule has 0 spiro atoms. The maximum absolute atomic E-state index is 13.9. The van der Waals surface area contributed by atoms with E-state index in [9.17, 15) is 19.8 Å². The molecular formula is C31H49N5O7S. The van der Waals surface area contributed by atoms with Crippen LogP contribution in [0, 0.1) is 12.8 Å². The number of aliphatic hydroxyl groups is 2. The molecule has 4 atom stereocenters. The molecule has 0 saturated carbocycles. The van der Waals surface area contributed by atoms with Crippen molar-refractivity contribution in [2.75, 3.05) is 59.4 Å². The molecule has 1 aliphatic rings. The zero-order valence-electron chi connectivity index (χ0n) is 26.8. The van der Waals surface area contributed by atoms with E-state index in [2.05, 4.69) is 24.0 Å². The fourth-order valence-electron chi connectivity index (χ4n) is 5.28. The first kappa shape index (κ1) is 35.9. The monoisotopic (exact) mass is 635 g/mol. The van der Waals surface area contributed by atoms with Crippen LogP contribution in [0.5, 0.6) is 0 Å². The van der Waals surface area contributed by atoms with Gasteiger partial charge in [-0.15, -0.1) is 10.2 Å². The summed E-state index contributed by atoms with van der Waals surface area (Å²) in [7, 11) is 4.77. The van der Waals surface area contributed by atoms with Crippen LogP contribution in [0.15, 0.2) is 29.4 Å². The lowest BCUT2D eigenvalue weighted by Gasteiger charge is -2.38. The number of thioether (sulfide) groups is 1. The van der Waals surface area contributed by atoms with Gasteiger partial charge in [0.1, 0.15) is 24.9 Å². The van der Waals surface area contributed by atoms with Crippen LogP contribution in [0.1, 0.15) is 38.7 Å². The summed E-state index contributed by atoms with van der Waals surface area (Å²) in [6.07, 6.45) is -1.30. The minimum Gasteiger partial charge on any atom is -0.388 e. The highest BCUT2D eigenvalue weighted by molar-refractivity contribution is 7.99. The second kappa shape index (κ2) is 17.8.